The van der Waals surface area contributed by atoms with Crippen LogP contribution in [0.25, 0.3) is 0 Å². The fourth-order valence-electron chi connectivity index (χ4n) is 3.57. The minimum Gasteiger partial charge on any atom is -0.491 e. The van der Waals surface area contributed by atoms with E-state index in [9.17, 15) is 4.79 Å². The molecule has 1 unspecified atom stereocenters. The highest BCUT2D eigenvalue weighted by molar-refractivity contribution is 5.82. The number of aliphatic imine (C=N–C) groups is 1. The fraction of sp³-hybridized carbons (Fsp3) is 0.619. The van der Waals surface area contributed by atoms with E-state index in [4.69, 9.17) is 14.5 Å². The molecule has 0 bridgehead atoms. The number of carbonyl (C=O) groups excluding carboxylic acids is 1. The summed E-state index contributed by atoms with van der Waals surface area (Å²) < 4.78 is 11.4. The van der Waals surface area contributed by atoms with Gasteiger partial charge >= 0.3 is 0 Å². The summed E-state index contributed by atoms with van der Waals surface area (Å²) in [5.74, 6) is 1.94. The van der Waals surface area contributed by atoms with Gasteiger partial charge in [-0.2, -0.15) is 0 Å². The van der Waals surface area contributed by atoms with Crippen LogP contribution in [0.4, 0.5) is 0 Å². The number of carbonyl (C=O) groups is 1. The Morgan fingerprint density at radius 2 is 2.00 bits per heavy atom. The first-order chi connectivity index (χ1) is 13.7. The third-order valence-corrected chi connectivity index (χ3v) is 5.13. The van der Waals surface area contributed by atoms with E-state index >= 15 is 0 Å². The van der Waals surface area contributed by atoms with Crippen molar-refractivity contribution in [3.05, 3.63) is 29.8 Å². The minimum atomic E-state index is -0.230. The number of aryl methyl sites for hydroxylation is 1. The number of piperazine rings is 1. The molecule has 1 aromatic rings. The molecule has 1 N–H and O–H groups in total. The number of nitrogens with zero attached hydrogens (tertiary/aromatic N) is 3. The summed E-state index contributed by atoms with van der Waals surface area (Å²) in [6.45, 7) is 9.74. The number of hydrogen-bond donors (Lipinski definition) is 1. The van der Waals surface area contributed by atoms with Crippen molar-refractivity contribution in [1.29, 1.82) is 0 Å². The molecule has 0 aromatic heterocycles. The predicted octanol–water partition coefficient (Wildman–Crippen LogP) is 1.66. The first kappa shape index (κ1) is 20.5. The third-order valence-electron chi connectivity index (χ3n) is 5.13. The van der Waals surface area contributed by atoms with Crippen LogP contribution in [0.1, 0.15) is 25.3 Å². The maximum atomic E-state index is 12.5. The van der Waals surface area contributed by atoms with Crippen LogP contribution in [0.2, 0.25) is 0 Å². The maximum absolute atomic E-state index is 12.5. The molecule has 2 heterocycles. The van der Waals surface area contributed by atoms with Crippen LogP contribution >= 0.6 is 0 Å². The molecule has 3 rings (SSSR count). The van der Waals surface area contributed by atoms with Gasteiger partial charge in [0.2, 0.25) is 0 Å². The van der Waals surface area contributed by atoms with E-state index in [0.29, 0.717) is 32.8 Å². The van der Waals surface area contributed by atoms with E-state index < -0.39 is 0 Å². The van der Waals surface area contributed by atoms with Crippen molar-refractivity contribution in [1.82, 2.24) is 15.1 Å². The van der Waals surface area contributed by atoms with Crippen molar-refractivity contribution in [2.75, 3.05) is 52.5 Å². The second kappa shape index (κ2) is 10.3. The highest BCUT2D eigenvalue weighted by Gasteiger charge is 2.30. The van der Waals surface area contributed by atoms with Crippen molar-refractivity contribution in [2.24, 2.45) is 4.99 Å². The molecule has 2 saturated heterocycles. The zero-order valence-electron chi connectivity index (χ0n) is 17.0. The number of benzene rings is 1. The maximum Gasteiger partial charge on any atom is 0.251 e. The Hall–Kier alpha value is -2.28. The molecule has 2 aliphatic heterocycles. The van der Waals surface area contributed by atoms with Crippen molar-refractivity contribution < 1.29 is 14.3 Å². The van der Waals surface area contributed by atoms with Crippen LogP contribution in [0.5, 0.6) is 5.75 Å². The lowest BCUT2D eigenvalue weighted by Crippen LogP contribution is -2.55. The Labute approximate surface area is 167 Å². The minimum absolute atomic E-state index is 0.144. The van der Waals surface area contributed by atoms with Gasteiger partial charge in [-0.3, -0.25) is 4.79 Å². The monoisotopic (exact) mass is 388 g/mol. The molecule has 1 atom stereocenters. The summed E-state index contributed by atoms with van der Waals surface area (Å²) in [6.07, 6.45) is 1.61. The highest BCUT2D eigenvalue weighted by atomic mass is 16.5. The van der Waals surface area contributed by atoms with Gasteiger partial charge in [-0.05, 0) is 38.3 Å². The normalized spacial score (nSPS) is 20.4. The van der Waals surface area contributed by atoms with Crippen molar-refractivity contribution in [3.63, 3.8) is 0 Å². The van der Waals surface area contributed by atoms with E-state index in [1.54, 1.807) is 0 Å². The quantitative estimate of drug-likeness (QED) is 0.456. The summed E-state index contributed by atoms with van der Waals surface area (Å²) in [5.41, 5.74) is 1.13. The number of hydrogen-bond acceptors (Lipinski definition) is 4. The number of ether oxygens (including phenoxy) is 2. The molecule has 0 spiro atoms. The standard InChI is InChI=1S/C21H32N4O3/c1-3-22-21(23-10-16-28-18-8-5-4-7-17(18)2)25-13-11-24(12-14-25)20(26)19-9-6-15-27-19/h4-5,7-8,19H,3,6,9-16H2,1-2H3,(H,22,23). The lowest BCUT2D eigenvalue weighted by atomic mass is 10.2. The van der Waals surface area contributed by atoms with Crippen LogP contribution in [0.3, 0.4) is 0 Å². The molecule has 2 aliphatic rings. The molecule has 154 valence electrons. The molecule has 0 aliphatic carbocycles. The number of guanidine groups is 1. The van der Waals surface area contributed by atoms with Gasteiger partial charge in [-0.25, -0.2) is 4.99 Å². The molecular formula is C21H32N4O3. The summed E-state index contributed by atoms with van der Waals surface area (Å²) in [5, 5.41) is 3.35. The summed E-state index contributed by atoms with van der Waals surface area (Å²) >= 11 is 0. The molecule has 1 amide bonds. The predicted molar refractivity (Wildman–Crippen MR) is 110 cm³/mol. The fourth-order valence-corrected chi connectivity index (χ4v) is 3.57. The summed E-state index contributed by atoms with van der Waals surface area (Å²) in [6, 6.07) is 8.01. The van der Waals surface area contributed by atoms with Gasteiger partial charge in [0.15, 0.2) is 5.96 Å². The smallest absolute Gasteiger partial charge is 0.251 e. The van der Waals surface area contributed by atoms with Crippen LogP contribution in [-0.4, -0.2) is 80.3 Å². The summed E-state index contributed by atoms with van der Waals surface area (Å²) in [4.78, 5) is 21.3. The van der Waals surface area contributed by atoms with Crippen LogP contribution < -0.4 is 10.1 Å². The topological polar surface area (TPSA) is 66.4 Å². The lowest BCUT2D eigenvalue weighted by molar-refractivity contribution is -0.142. The Bertz CT molecular complexity index is 665. The van der Waals surface area contributed by atoms with E-state index in [2.05, 4.69) is 17.1 Å². The van der Waals surface area contributed by atoms with Gasteiger partial charge in [0, 0.05) is 39.3 Å². The zero-order chi connectivity index (χ0) is 19.8. The second-order valence-corrected chi connectivity index (χ2v) is 7.16. The van der Waals surface area contributed by atoms with Crippen LogP contribution in [0, 0.1) is 6.92 Å². The molecule has 1 aromatic carbocycles. The number of rotatable bonds is 6. The lowest BCUT2D eigenvalue weighted by Gasteiger charge is -2.37. The molecule has 7 heteroatoms. The van der Waals surface area contributed by atoms with E-state index in [0.717, 1.165) is 49.7 Å². The van der Waals surface area contributed by atoms with Gasteiger partial charge in [-0.1, -0.05) is 18.2 Å². The van der Waals surface area contributed by atoms with Crippen molar-refractivity contribution >= 4 is 11.9 Å². The van der Waals surface area contributed by atoms with E-state index in [1.807, 2.05) is 36.1 Å². The Morgan fingerprint density at radius 1 is 1.25 bits per heavy atom. The van der Waals surface area contributed by atoms with Crippen LogP contribution in [0.15, 0.2) is 29.3 Å². The van der Waals surface area contributed by atoms with Gasteiger partial charge in [0.25, 0.3) is 5.91 Å². The number of amides is 1. The molecule has 0 radical (unpaired) electrons. The van der Waals surface area contributed by atoms with Gasteiger partial charge in [0.1, 0.15) is 18.5 Å². The highest BCUT2D eigenvalue weighted by Crippen LogP contribution is 2.17. The van der Waals surface area contributed by atoms with Crippen LogP contribution in [-0.2, 0) is 9.53 Å². The summed E-state index contributed by atoms with van der Waals surface area (Å²) in [7, 11) is 0. The first-order valence-electron chi connectivity index (χ1n) is 10.3. The largest absolute Gasteiger partial charge is 0.491 e. The molecule has 2 fully saturated rings. The molecule has 28 heavy (non-hydrogen) atoms. The molecule has 7 nitrogen and oxygen atoms in total. The van der Waals surface area contributed by atoms with Gasteiger partial charge in [-0.15, -0.1) is 0 Å². The third kappa shape index (κ3) is 5.38. The SMILES string of the molecule is CCNC(=NCCOc1ccccc1C)N1CCN(C(=O)C2CCCO2)CC1. The Kier molecular flexibility index (Phi) is 7.54. The number of nitrogens with one attached hydrogen (secondary N) is 1. The van der Waals surface area contributed by atoms with Crippen molar-refractivity contribution in [3.8, 4) is 5.75 Å². The zero-order valence-corrected chi connectivity index (χ0v) is 17.0. The average molecular weight is 389 g/mol. The van der Waals surface area contributed by atoms with E-state index in [-0.39, 0.29) is 12.0 Å². The average Bonchev–Trinajstić information content (AvgIpc) is 3.26. The van der Waals surface area contributed by atoms with Crippen molar-refractivity contribution in [2.45, 2.75) is 32.8 Å². The first-order valence-corrected chi connectivity index (χ1v) is 10.3. The molecular weight excluding hydrogens is 356 g/mol. The Morgan fingerprint density at radius 3 is 2.68 bits per heavy atom. The van der Waals surface area contributed by atoms with Gasteiger partial charge in [0.05, 0.1) is 6.54 Å². The second-order valence-electron chi connectivity index (χ2n) is 7.16. The van der Waals surface area contributed by atoms with Gasteiger partial charge < -0.3 is 24.6 Å². The number of para-hydroxylation sites is 1. The van der Waals surface area contributed by atoms with E-state index in [1.165, 1.54) is 0 Å². The Balaban J connectivity index is 1.47. The molecule has 0 saturated carbocycles.